The number of nitrogens with one attached hydrogen (secondary N) is 1. The number of alkyl halides is 1. The number of likely N-dealkylation sites (tertiary alicyclic amines) is 1. The van der Waals surface area contributed by atoms with Gasteiger partial charge in [0.25, 0.3) is 10.0 Å². The van der Waals surface area contributed by atoms with Crippen LogP contribution >= 0.6 is 35.0 Å². The zero-order valence-corrected chi connectivity index (χ0v) is 25.9. The highest BCUT2D eigenvalue weighted by Crippen LogP contribution is 2.56. The minimum atomic E-state index is -4.06. The predicted molar refractivity (Wildman–Crippen MR) is 165 cm³/mol. The van der Waals surface area contributed by atoms with Gasteiger partial charge in [-0.1, -0.05) is 35.5 Å². The second-order valence-electron chi connectivity index (χ2n) is 10.5. The van der Waals surface area contributed by atoms with E-state index < -0.39 is 20.1 Å². The van der Waals surface area contributed by atoms with Crippen molar-refractivity contribution in [2.75, 3.05) is 31.7 Å². The van der Waals surface area contributed by atoms with Crippen molar-refractivity contribution < 1.29 is 22.6 Å². The van der Waals surface area contributed by atoms with E-state index in [4.69, 9.17) is 37.4 Å². The quantitative estimate of drug-likeness (QED) is 0.303. The summed E-state index contributed by atoms with van der Waals surface area (Å²) in [5.74, 6) is 1.59. The number of halogens is 2. The maximum Gasteiger partial charge on any atom is 0.267 e. The Bertz CT molecular complexity index is 1730. The van der Waals surface area contributed by atoms with Crippen LogP contribution in [0.1, 0.15) is 28.7 Å². The van der Waals surface area contributed by atoms with Crippen LogP contribution in [0.4, 0.5) is 5.69 Å². The topological polar surface area (TPSA) is 101 Å². The van der Waals surface area contributed by atoms with Crippen LogP contribution in [0.15, 0.2) is 64.9 Å². The molecule has 42 heavy (non-hydrogen) atoms. The maximum absolute atomic E-state index is 13.8. The summed E-state index contributed by atoms with van der Waals surface area (Å²) in [6.07, 6.45) is 2.52. The number of ether oxygens (including phenoxy) is 3. The molecule has 218 valence electrons. The molecule has 12 heteroatoms. The van der Waals surface area contributed by atoms with Crippen LogP contribution in [0, 0.1) is 18.3 Å². The molecule has 3 atom stereocenters. The average molecular weight is 645 g/mol. The Balaban J connectivity index is 1.39. The lowest BCUT2D eigenvalue weighted by molar-refractivity contribution is 0.174. The third-order valence-corrected chi connectivity index (χ3v) is 11.6. The number of fused-ring (bicyclic) bond motifs is 1. The van der Waals surface area contributed by atoms with Crippen LogP contribution in [-0.2, 0) is 15.4 Å². The van der Waals surface area contributed by atoms with Crippen molar-refractivity contribution in [2.24, 2.45) is 0 Å². The highest BCUT2D eigenvalue weighted by molar-refractivity contribution is 8.20. The largest absolute Gasteiger partial charge is 0.487 e. The van der Waals surface area contributed by atoms with Gasteiger partial charge in [0.15, 0.2) is 11.5 Å². The lowest BCUT2D eigenvalue weighted by atomic mass is 9.74. The molecule has 0 amide bonds. The number of nitriles is 1. The summed E-state index contributed by atoms with van der Waals surface area (Å²) in [7, 11) is -2.04. The number of hydrogen-bond donors (Lipinski definition) is 1. The van der Waals surface area contributed by atoms with Gasteiger partial charge in [-0.05, 0) is 79.6 Å². The summed E-state index contributed by atoms with van der Waals surface area (Å²) in [6, 6.07) is 17.7. The molecule has 2 unspecified atom stereocenters. The molecule has 0 aromatic heterocycles. The molecule has 1 saturated heterocycles. The molecule has 3 aromatic carbocycles. The Morgan fingerprint density at radius 1 is 1.14 bits per heavy atom. The Labute approximate surface area is 259 Å². The van der Waals surface area contributed by atoms with Gasteiger partial charge >= 0.3 is 0 Å². The van der Waals surface area contributed by atoms with E-state index in [0.29, 0.717) is 33.5 Å². The van der Waals surface area contributed by atoms with Crippen molar-refractivity contribution in [3.05, 3.63) is 92.2 Å². The molecule has 0 radical (unpaired) electrons. The highest BCUT2D eigenvalue weighted by atomic mass is 35.5. The van der Waals surface area contributed by atoms with E-state index >= 15 is 0 Å². The Morgan fingerprint density at radius 3 is 2.57 bits per heavy atom. The fourth-order valence-electron chi connectivity index (χ4n) is 5.53. The molecule has 1 fully saturated rings. The van der Waals surface area contributed by atoms with E-state index in [0.717, 1.165) is 48.0 Å². The molecule has 0 aliphatic carbocycles. The predicted octanol–water partition coefficient (Wildman–Crippen LogP) is 6.21. The molecule has 3 aliphatic rings. The normalized spacial score (nSPS) is 23.5. The van der Waals surface area contributed by atoms with Gasteiger partial charge in [0.1, 0.15) is 20.8 Å². The SMILES string of the molecule is Cc1cc2c(cc1C1(c3ccc(C#N)cc3)C=C(S(=O)(=O)Nc3ccc(Cl)c(O[C@@H]4CCN(C)C4)c3)SC1Cl)OCO2. The number of aryl methyl sites for hydroxylation is 1. The van der Waals surface area contributed by atoms with Gasteiger partial charge in [-0.15, -0.1) is 11.6 Å². The molecule has 3 heterocycles. The van der Waals surface area contributed by atoms with Crippen LogP contribution in [0.25, 0.3) is 0 Å². The number of anilines is 1. The first kappa shape index (κ1) is 29.0. The molecular formula is C30H27Cl2N3O5S2. The van der Waals surface area contributed by atoms with E-state index in [1.165, 1.54) is 0 Å². The first-order valence-corrected chi connectivity index (χ1v) is 16.4. The van der Waals surface area contributed by atoms with Gasteiger partial charge in [0, 0.05) is 19.2 Å². The molecule has 6 rings (SSSR count). The number of nitrogens with zero attached hydrogens (tertiary/aromatic N) is 2. The van der Waals surface area contributed by atoms with Crippen molar-refractivity contribution in [1.82, 2.24) is 4.90 Å². The number of likely N-dealkylation sites (N-methyl/N-ethyl adjacent to an activating group) is 1. The van der Waals surface area contributed by atoms with Crippen molar-refractivity contribution in [3.63, 3.8) is 0 Å². The fraction of sp³-hybridized carbons (Fsp3) is 0.300. The molecular weight excluding hydrogens is 617 g/mol. The third-order valence-electron chi connectivity index (χ3n) is 7.67. The molecule has 0 saturated carbocycles. The van der Waals surface area contributed by atoms with Gasteiger partial charge < -0.3 is 19.1 Å². The van der Waals surface area contributed by atoms with Gasteiger partial charge in [-0.2, -0.15) is 5.26 Å². The van der Waals surface area contributed by atoms with Crippen LogP contribution in [0.3, 0.4) is 0 Å². The number of sulfonamides is 1. The van der Waals surface area contributed by atoms with E-state index in [-0.39, 0.29) is 17.1 Å². The number of thioether (sulfide) groups is 1. The van der Waals surface area contributed by atoms with E-state index in [2.05, 4.69) is 15.7 Å². The van der Waals surface area contributed by atoms with Gasteiger partial charge in [-0.3, -0.25) is 4.72 Å². The number of allylic oxidation sites excluding steroid dienone is 1. The first-order chi connectivity index (χ1) is 20.1. The van der Waals surface area contributed by atoms with Crippen molar-refractivity contribution in [2.45, 2.75) is 29.6 Å². The zero-order chi connectivity index (χ0) is 29.6. The van der Waals surface area contributed by atoms with E-state index in [1.54, 1.807) is 48.5 Å². The summed E-state index contributed by atoms with van der Waals surface area (Å²) in [6.45, 7) is 3.71. The summed E-state index contributed by atoms with van der Waals surface area (Å²) in [5, 5.41) is 9.77. The highest BCUT2D eigenvalue weighted by Gasteiger charge is 2.49. The first-order valence-electron chi connectivity index (χ1n) is 13.2. The molecule has 3 aliphatic heterocycles. The molecule has 8 nitrogen and oxygen atoms in total. The Hall–Kier alpha value is -3.07. The second-order valence-corrected chi connectivity index (χ2v) is 14.7. The molecule has 0 bridgehead atoms. The number of rotatable bonds is 7. The monoisotopic (exact) mass is 643 g/mol. The molecule has 1 N–H and O–H groups in total. The van der Waals surface area contributed by atoms with Crippen LogP contribution in [0.5, 0.6) is 17.2 Å². The summed E-state index contributed by atoms with van der Waals surface area (Å²) >= 11 is 14.5. The van der Waals surface area contributed by atoms with Gasteiger partial charge in [0.05, 0.1) is 27.8 Å². The smallest absolute Gasteiger partial charge is 0.267 e. The van der Waals surface area contributed by atoms with E-state index in [9.17, 15) is 13.7 Å². The van der Waals surface area contributed by atoms with Crippen LogP contribution in [0.2, 0.25) is 5.02 Å². The van der Waals surface area contributed by atoms with Crippen LogP contribution in [-0.4, -0.2) is 51.1 Å². The van der Waals surface area contributed by atoms with Crippen LogP contribution < -0.4 is 18.9 Å². The number of benzene rings is 3. The minimum Gasteiger partial charge on any atom is -0.487 e. The second kappa shape index (κ2) is 11.2. The summed E-state index contributed by atoms with van der Waals surface area (Å²) in [4.78, 5) is 2.17. The zero-order valence-electron chi connectivity index (χ0n) is 22.8. The third kappa shape index (κ3) is 5.29. The van der Waals surface area contributed by atoms with Crippen molar-refractivity contribution >= 4 is 50.7 Å². The van der Waals surface area contributed by atoms with E-state index in [1.807, 2.05) is 26.1 Å². The Kier molecular flexibility index (Phi) is 7.75. The van der Waals surface area contributed by atoms with Crippen molar-refractivity contribution in [3.8, 4) is 23.3 Å². The Morgan fingerprint density at radius 2 is 1.88 bits per heavy atom. The lowest BCUT2D eigenvalue weighted by Crippen LogP contribution is -2.32. The number of hydrogen-bond acceptors (Lipinski definition) is 8. The fourth-order valence-corrected chi connectivity index (χ4v) is 9.22. The lowest BCUT2D eigenvalue weighted by Gasteiger charge is -2.33. The van der Waals surface area contributed by atoms with Gasteiger partial charge in [0.2, 0.25) is 6.79 Å². The summed E-state index contributed by atoms with van der Waals surface area (Å²) < 4.78 is 47.0. The molecule has 3 aromatic rings. The maximum atomic E-state index is 13.8. The molecule has 0 spiro atoms. The average Bonchev–Trinajstić information content (AvgIpc) is 3.69. The minimum absolute atomic E-state index is 0.0255. The standard InChI is InChI=1S/C30H27Cl2N3O5S2/c1-18-11-26-27(39-17-38-26)13-23(18)30(20-5-3-19(15-33)4-6-20)14-28(41-29(30)32)42(36,37)34-21-7-8-24(31)25(12-21)40-22-9-10-35(2)16-22/h3-8,11-14,22,29,34H,9-10,16-17H2,1-2H3/t22-,29?,30?/m1/s1. The van der Waals surface area contributed by atoms with Crippen molar-refractivity contribution in [1.29, 1.82) is 5.26 Å². The summed E-state index contributed by atoms with van der Waals surface area (Å²) in [5.41, 5.74) is 2.12. The van der Waals surface area contributed by atoms with Gasteiger partial charge in [-0.25, -0.2) is 8.42 Å².